The second kappa shape index (κ2) is 7.42. The first-order valence-electron chi connectivity index (χ1n) is 7.01. The van der Waals surface area contributed by atoms with Gasteiger partial charge in [-0.2, -0.15) is 31.3 Å². The van der Waals surface area contributed by atoms with Crippen molar-refractivity contribution in [1.29, 1.82) is 0 Å². The van der Waals surface area contributed by atoms with Gasteiger partial charge < -0.3 is 4.52 Å². The molecule has 14 heteroatoms. The Bertz CT molecular complexity index is 907. The minimum atomic E-state index is -4.88. The number of hydrogen-bond donors (Lipinski definition) is 1. The highest BCUT2D eigenvalue weighted by atomic mass is 32.2. The zero-order chi connectivity index (χ0) is 20.5. The highest BCUT2D eigenvalue weighted by Gasteiger charge is 2.38. The molecule has 2 rings (SSSR count). The van der Waals surface area contributed by atoms with Crippen molar-refractivity contribution < 1.29 is 43.7 Å². The summed E-state index contributed by atoms with van der Waals surface area (Å²) in [6.45, 7) is -0.646. The molecule has 0 amide bonds. The highest BCUT2D eigenvalue weighted by molar-refractivity contribution is 7.89. The molecule has 1 aromatic heterocycles. The second-order valence-corrected chi connectivity index (χ2v) is 7.16. The Labute approximate surface area is 147 Å². The third kappa shape index (κ3) is 6.16. The first-order valence-corrected chi connectivity index (χ1v) is 8.66. The summed E-state index contributed by atoms with van der Waals surface area (Å²) in [5.74, 6) is -4.42. The van der Waals surface area contributed by atoms with Crippen LogP contribution in [0, 0.1) is 5.82 Å². The van der Waals surface area contributed by atoms with Crippen molar-refractivity contribution in [3.05, 3.63) is 35.5 Å². The topological polar surface area (TPSA) is 85.1 Å². The fraction of sp³-hybridized carbons (Fsp3) is 0.385. The lowest BCUT2D eigenvalue weighted by atomic mass is 10.1. The van der Waals surface area contributed by atoms with E-state index in [-0.39, 0.29) is 11.1 Å². The number of aromatic nitrogens is 2. The van der Waals surface area contributed by atoms with E-state index >= 15 is 0 Å². The van der Waals surface area contributed by atoms with Gasteiger partial charge in [-0.1, -0.05) is 17.3 Å². The molecule has 1 N–H and O–H groups in total. The van der Waals surface area contributed by atoms with Gasteiger partial charge in [0, 0.05) is 17.7 Å². The summed E-state index contributed by atoms with van der Waals surface area (Å²) in [7, 11) is -4.31. The highest BCUT2D eigenvalue weighted by Crippen LogP contribution is 2.29. The van der Waals surface area contributed by atoms with Crippen molar-refractivity contribution in [2.45, 2.75) is 25.3 Å². The monoisotopic (exact) mass is 421 g/mol. The largest absolute Gasteiger partial charge is 0.471 e. The molecule has 1 aromatic carbocycles. The molecule has 0 radical (unpaired) electrons. The van der Waals surface area contributed by atoms with Gasteiger partial charge in [0.1, 0.15) is 5.82 Å². The SMILES string of the molecule is O=S(=O)(CCC(F)(F)F)NCc1ccc(-c2noc(C(F)(F)F)n2)cc1F. The zero-order valence-corrected chi connectivity index (χ0v) is 13.8. The number of nitrogens with one attached hydrogen (secondary N) is 1. The second-order valence-electron chi connectivity index (χ2n) is 5.23. The van der Waals surface area contributed by atoms with Crippen LogP contribution in [0.3, 0.4) is 0 Å². The van der Waals surface area contributed by atoms with Crippen LogP contribution in [0.25, 0.3) is 11.4 Å². The van der Waals surface area contributed by atoms with E-state index in [1.54, 1.807) is 4.72 Å². The first kappa shape index (κ1) is 21.1. The molecule has 0 bridgehead atoms. The molecule has 27 heavy (non-hydrogen) atoms. The van der Waals surface area contributed by atoms with E-state index in [4.69, 9.17) is 0 Å². The lowest BCUT2D eigenvalue weighted by Gasteiger charge is -2.09. The van der Waals surface area contributed by atoms with Gasteiger partial charge in [-0.25, -0.2) is 17.5 Å². The molecule has 0 saturated carbocycles. The van der Waals surface area contributed by atoms with Crippen LogP contribution in [0.15, 0.2) is 22.7 Å². The summed E-state index contributed by atoms with van der Waals surface area (Å²) in [5.41, 5.74) is -0.413. The first-order chi connectivity index (χ1) is 12.3. The average molecular weight is 421 g/mol. The minimum absolute atomic E-state index is 0.171. The van der Waals surface area contributed by atoms with E-state index in [1.807, 2.05) is 0 Å². The van der Waals surface area contributed by atoms with Crippen molar-refractivity contribution >= 4 is 10.0 Å². The molecule has 0 saturated heterocycles. The summed E-state index contributed by atoms with van der Waals surface area (Å²) in [4.78, 5) is 3.07. The molecular weight excluding hydrogens is 411 g/mol. The Balaban J connectivity index is 2.08. The standard InChI is InChI=1S/C13H10F7N3O3S/c14-9-5-7(10-22-11(26-23-10)13(18,19)20)1-2-8(9)6-21-27(24,25)4-3-12(15,16)17/h1-2,5,21H,3-4,6H2. The minimum Gasteiger partial charge on any atom is -0.329 e. The Kier molecular flexibility index (Phi) is 5.79. The Morgan fingerprint density at radius 3 is 2.30 bits per heavy atom. The molecule has 0 atom stereocenters. The van der Waals surface area contributed by atoms with E-state index in [0.717, 1.165) is 18.2 Å². The zero-order valence-electron chi connectivity index (χ0n) is 13.0. The fourth-order valence-corrected chi connectivity index (χ4v) is 2.82. The molecule has 6 nitrogen and oxygen atoms in total. The van der Waals surface area contributed by atoms with Crippen LogP contribution >= 0.6 is 0 Å². The van der Waals surface area contributed by atoms with E-state index in [0.29, 0.717) is 0 Å². The molecule has 0 aliphatic carbocycles. The van der Waals surface area contributed by atoms with E-state index in [1.165, 1.54) is 0 Å². The maximum absolute atomic E-state index is 14.0. The van der Waals surface area contributed by atoms with Gasteiger partial charge >= 0.3 is 18.2 Å². The predicted octanol–water partition coefficient (Wildman–Crippen LogP) is 3.27. The van der Waals surface area contributed by atoms with Gasteiger partial charge in [-0.05, 0) is 6.07 Å². The average Bonchev–Trinajstić information content (AvgIpc) is 3.01. The van der Waals surface area contributed by atoms with Crippen LogP contribution in [-0.4, -0.2) is 30.5 Å². The number of benzene rings is 1. The Hall–Kier alpha value is -2.22. The summed E-state index contributed by atoms with van der Waals surface area (Å²) in [6, 6.07) is 2.87. The van der Waals surface area contributed by atoms with Crippen molar-refractivity contribution in [2.75, 3.05) is 5.75 Å². The smallest absolute Gasteiger partial charge is 0.329 e. The van der Waals surface area contributed by atoms with Gasteiger partial charge in [0.2, 0.25) is 15.8 Å². The summed E-state index contributed by atoms with van der Waals surface area (Å²) in [6.07, 6.45) is -11.1. The molecule has 0 aliphatic heterocycles. The molecule has 0 unspecified atom stereocenters. The maximum atomic E-state index is 14.0. The number of rotatable bonds is 6. The van der Waals surface area contributed by atoms with Crippen LogP contribution in [0.5, 0.6) is 0 Å². The normalized spacial score (nSPS) is 13.1. The van der Waals surface area contributed by atoms with Gasteiger partial charge in [0.05, 0.1) is 12.2 Å². The van der Waals surface area contributed by atoms with Crippen LogP contribution in [0.1, 0.15) is 17.9 Å². The third-order valence-electron chi connectivity index (χ3n) is 3.12. The number of nitrogens with zero attached hydrogens (tertiary/aromatic N) is 2. The van der Waals surface area contributed by atoms with Crippen molar-refractivity contribution in [2.24, 2.45) is 0 Å². The number of alkyl halides is 6. The molecule has 2 aromatic rings. The summed E-state index contributed by atoms with van der Waals surface area (Å²) < 4.78 is 116. The molecular formula is C13H10F7N3O3S. The predicted molar refractivity (Wildman–Crippen MR) is 76.0 cm³/mol. The van der Waals surface area contributed by atoms with Crippen LogP contribution < -0.4 is 4.72 Å². The molecule has 0 fully saturated rings. The maximum Gasteiger partial charge on any atom is 0.471 e. The molecule has 0 spiro atoms. The van der Waals surface area contributed by atoms with Crippen LogP contribution in [0.2, 0.25) is 0 Å². The fourth-order valence-electron chi connectivity index (χ4n) is 1.80. The quantitative estimate of drug-likeness (QED) is 0.724. The molecule has 1 heterocycles. The van der Waals surface area contributed by atoms with Gasteiger partial charge in [-0.15, -0.1) is 0 Å². The van der Waals surface area contributed by atoms with Crippen molar-refractivity contribution in [1.82, 2.24) is 14.9 Å². The van der Waals surface area contributed by atoms with Gasteiger partial charge in [0.25, 0.3) is 0 Å². The van der Waals surface area contributed by atoms with Crippen LogP contribution in [-0.2, 0) is 22.7 Å². The Morgan fingerprint density at radius 2 is 1.78 bits per heavy atom. The van der Waals surface area contributed by atoms with E-state index < -0.39 is 58.6 Å². The summed E-state index contributed by atoms with van der Waals surface area (Å²) >= 11 is 0. The van der Waals surface area contributed by atoms with E-state index in [2.05, 4.69) is 14.7 Å². The number of halogens is 7. The molecule has 150 valence electrons. The summed E-state index contributed by atoms with van der Waals surface area (Å²) in [5, 5.41) is 3.07. The number of hydrogen-bond acceptors (Lipinski definition) is 5. The van der Waals surface area contributed by atoms with Gasteiger partial charge in [-0.3, -0.25) is 0 Å². The van der Waals surface area contributed by atoms with Crippen molar-refractivity contribution in [3.63, 3.8) is 0 Å². The third-order valence-corrected chi connectivity index (χ3v) is 4.44. The molecule has 0 aliphatic rings. The lowest BCUT2D eigenvalue weighted by Crippen LogP contribution is -2.28. The lowest BCUT2D eigenvalue weighted by molar-refractivity contribution is -0.159. The Morgan fingerprint density at radius 1 is 1.11 bits per heavy atom. The van der Waals surface area contributed by atoms with Crippen molar-refractivity contribution in [3.8, 4) is 11.4 Å². The van der Waals surface area contributed by atoms with Gasteiger partial charge in [0.15, 0.2) is 0 Å². The van der Waals surface area contributed by atoms with Crippen LogP contribution in [0.4, 0.5) is 30.7 Å². The van der Waals surface area contributed by atoms with E-state index in [9.17, 15) is 39.2 Å². The number of sulfonamides is 1.